The van der Waals surface area contributed by atoms with Gasteiger partial charge in [0.25, 0.3) is 0 Å². The SMILES string of the molecule is CC(=O)OC1CC[C@@]2(C)C(CC[C@H]3[C@@H]4CC[C@H](C(C)(O)C#N)[C@@]4(C)CC[C@@H]32)C1. The van der Waals surface area contributed by atoms with Gasteiger partial charge in [0, 0.05) is 12.8 Å². The van der Waals surface area contributed by atoms with Gasteiger partial charge in [-0.1, -0.05) is 13.8 Å². The first-order valence-electron chi connectivity index (χ1n) is 11.4. The van der Waals surface area contributed by atoms with E-state index in [2.05, 4.69) is 19.9 Å². The van der Waals surface area contributed by atoms with Crippen molar-refractivity contribution in [1.29, 1.82) is 5.26 Å². The van der Waals surface area contributed by atoms with Crippen molar-refractivity contribution < 1.29 is 14.6 Å². The minimum Gasteiger partial charge on any atom is -0.463 e. The highest BCUT2D eigenvalue weighted by atomic mass is 16.5. The van der Waals surface area contributed by atoms with Gasteiger partial charge in [-0.3, -0.25) is 4.79 Å². The molecule has 4 aliphatic carbocycles. The van der Waals surface area contributed by atoms with Crippen LogP contribution < -0.4 is 0 Å². The van der Waals surface area contributed by atoms with Crippen LogP contribution in [-0.2, 0) is 9.53 Å². The van der Waals surface area contributed by atoms with Gasteiger partial charge in [-0.2, -0.15) is 5.26 Å². The molecule has 0 aromatic carbocycles. The number of ether oxygens (including phenoxy) is 1. The Kier molecular flexibility index (Phi) is 4.85. The van der Waals surface area contributed by atoms with Crippen LogP contribution >= 0.6 is 0 Å². The molecule has 0 saturated heterocycles. The highest BCUT2D eigenvalue weighted by Crippen LogP contribution is 2.68. The lowest BCUT2D eigenvalue weighted by molar-refractivity contribution is -0.162. The molecule has 4 heteroatoms. The van der Waals surface area contributed by atoms with E-state index in [-0.39, 0.29) is 23.4 Å². The van der Waals surface area contributed by atoms with Gasteiger partial charge in [-0.05, 0) is 99.2 Å². The van der Waals surface area contributed by atoms with Gasteiger partial charge in [0.05, 0.1) is 6.07 Å². The maximum Gasteiger partial charge on any atom is 0.302 e. The topological polar surface area (TPSA) is 70.3 Å². The fourth-order valence-corrected chi connectivity index (χ4v) is 8.56. The Hall–Kier alpha value is -1.08. The Morgan fingerprint density at radius 2 is 1.75 bits per heavy atom. The van der Waals surface area contributed by atoms with E-state index in [9.17, 15) is 15.2 Å². The van der Waals surface area contributed by atoms with E-state index < -0.39 is 5.60 Å². The number of nitrogens with zero attached hydrogens (tertiary/aromatic N) is 1. The average Bonchev–Trinajstić information content (AvgIpc) is 2.99. The first-order chi connectivity index (χ1) is 13.1. The predicted octanol–water partition coefficient (Wildman–Crippen LogP) is 4.85. The van der Waals surface area contributed by atoms with E-state index >= 15 is 0 Å². The normalized spacial score (nSPS) is 49.7. The summed E-state index contributed by atoms with van der Waals surface area (Å²) in [7, 11) is 0. The number of esters is 1. The molecule has 156 valence electrons. The third-order valence-electron chi connectivity index (χ3n) is 9.86. The predicted molar refractivity (Wildman–Crippen MR) is 107 cm³/mol. The summed E-state index contributed by atoms with van der Waals surface area (Å²) in [5.74, 6) is 2.73. The number of hydrogen-bond acceptors (Lipinski definition) is 4. The zero-order valence-corrected chi connectivity index (χ0v) is 18.0. The summed E-state index contributed by atoms with van der Waals surface area (Å²) in [5, 5.41) is 20.3. The van der Waals surface area contributed by atoms with Crippen LogP contribution in [0.4, 0.5) is 0 Å². The third-order valence-corrected chi connectivity index (χ3v) is 9.86. The molecule has 0 aromatic heterocycles. The molecule has 3 unspecified atom stereocenters. The lowest BCUT2D eigenvalue weighted by Crippen LogP contribution is -2.55. The quantitative estimate of drug-likeness (QED) is 0.543. The number of rotatable bonds is 2. The van der Waals surface area contributed by atoms with Crippen LogP contribution in [0.5, 0.6) is 0 Å². The summed E-state index contributed by atoms with van der Waals surface area (Å²) in [6.07, 6.45) is 10.3. The minimum atomic E-state index is -1.21. The Morgan fingerprint density at radius 3 is 2.43 bits per heavy atom. The minimum absolute atomic E-state index is 0.0958. The fourth-order valence-electron chi connectivity index (χ4n) is 8.56. The maximum absolute atomic E-state index is 11.4. The van der Waals surface area contributed by atoms with Crippen molar-refractivity contribution in [2.45, 2.75) is 97.2 Å². The molecule has 4 fully saturated rings. The van der Waals surface area contributed by atoms with Crippen LogP contribution in [0.25, 0.3) is 0 Å². The highest BCUT2D eigenvalue weighted by molar-refractivity contribution is 5.66. The number of fused-ring (bicyclic) bond motifs is 5. The monoisotopic (exact) mass is 387 g/mol. The number of carbonyl (C=O) groups excluding carboxylic acids is 1. The second-order valence-electron chi connectivity index (χ2n) is 11.1. The van der Waals surface area contributed by atoms with Crippen LogP contribution in [0.15, 0.2) is 0 Å². The summed E-state index contributed by atoms with van der Waals surface area (Å²) in [5.41, 5.74) is -0.755. The van der Waals surface area contributed by atoms with Crippen molar-refractivity contribution in [3.63, 3.8) is 0 Å². The summed E-state index contributed by atoms with van der Waals surface area (Å²) in [6.45, 7) is 8.13. The average molecular weight is 388 g/mol. The molecular formula is C24H37NO3. The first kappa shape index (κ1) is 20.2. The van der Waals surface area contributed by atoms with E-state index in [4.69, 9.17) is 4.74 Å². The van der Waals surface area contributed by atoms with Crippen LogP contribution in [0.1, 0.15) is 85.5 Å². The summed E-state index contributed by atoms with van der Waals surface area (Å²) < 4.78 is 5.57. The van der Waals surface area contributed by atoms with Gasteiger partial charge in [0.15, 0.2) is 5.60 Å². The Labute approximate surface area is 170 Å². The molecule has 0 bridgehead atoms. The van der Waals surface area contributed by atoms with Gasteiger partial charge < -0.3 is 9.84 Å². The van der Waals surface area contributed by atoms with Crippen molar-refractivity contribution in [3.8, 4) is 6.07 Å². The number of carbonyl (C=O) groups is 1. The van der Waals surface area contributed by atoms with Gasteiger partial charge in [-0.25, -0.2) is 0 Å². The Bertz CT molecular complexity index is 682. The summed E-state index contributed by atoms with van der Waals surface area (Å²) >= 11 is 0. The standard InChI is InChI=1S/C24H37NO3/c1-15(26)28-17-9-11-22(2)16(13-17)5-6-18-19-7-8-21(24(4,27)14-25)23(19,3)12-10-20(18)22/h16-21,27H,5-13H2,1-4H3/t16?,17?,18-,19-,20-,21-,22-,23-,24?/m0/s1. The van der Waals surface area contributed by atoms with Crippen molar-refractivity contribution in [2.24, 2.45) is 40.4 Å². The van der Waals surface area contributed by atoms with E-state index in [1.54, 1.807) is 6.92 Å². The number of aliphatic hydroxyl groups is 1. The molecule has 4 saturated carbocycles. The van der Waals surface area contributed by atoms with Crippen molar-refractivity contribution in [1.82, 2.24) is 0 Å². The largest absolute Gasteiger partial charge is 0.463 e. The van der Waals surface area contributed by atoms with Crippen molar-refractivity contribution >= 4 is 5.97 Å². The lowest BCUT2D eigenvalue weighted by atomic mass is 9.44. The summed E-state index contributed by atoms with van der Waals surface area (Å²) in [4.78, 5) is 11.4. The number of nitriles is 1. The lowest BCUT2D eigenvalue weighted by Gasteiger charge is -2.61. The second-order valence-corrected chi connectivity index (χ2v) is 11.1. The molecule has 28 heavy (non-hydrogen) atoms. The molecular weight excluding hydrogens is 350 g/mol. The van der Waals surface area contributed by atoms with E-state index in [1.807, 2.05) is 0 Å². The molecule has 0 radical (unpaired) electrons. The fraction of sp³-hybridized carbons (Fsp3) is 0.917. The molecule has 0 aromatic rings. The maximum atomic E-state index is 11.4. The first-order valence-corrected chi connectivity index (χ1v) is 11.4. The van der Waals surface area contributed by atoms with Gasteiger partial charge in [-0.15, -0.1) is 0 Å². The van der Waals surface area contributed by atoms with Crippen LogP contribution in [0.2, 0.25) is 0 Å². The van der Waals surface area contributed by atoms with E-state index in [0.717, 1.165) is 43.9 Å². The Morgan fingerprint density at radius 1 is 1.07 bits per heavy atom. The molecule has 4 rings (SSSR count). The van der Waals surface area contributed by atoms with E-state index in [1.165, 1.54) is 32.6 Å². The molecule has 9 atom stereocenters. The molecule has 4 aliphatic rings. The molecule has 0 heterocycles. The zero-order valence-electron chi connectivity index (χ0n) is 18.0. The molecule has 0 aliphatic heterocycles. The van der Waals surface area contributed by atoms with Crippen LogP contribution in [0, 0.1) is 51.8 Å². The van der Waals surface area contributed by atoms with Gasteiger partial charge in [0.1, 0.15) is 6.10 Å². The molecule has 0 spiro atoms. The zero-order chi connectivity index (χ0) is 20.3. The molecule has 4 nitrogen and oxygen atoms in total. The Balaban J connectivity index is 1.54. The number of hydrogen-bond donors (Lipinski definition) is 1. The van der Waals surface area contributed by atoms with E-state index in [0.29, 0.717) is 17.3 Å². The molecule has 0 amide bonds. The van der Waals surface area contributed by atoms with Crippen molar-refractivity contribution in [3.05, 3.63) is 0 Å². The van der Waals surface area contributed by atoms with Crippen LogP contribution in [-0.4, -0.2) is 22.8 Å². The highest BCUT2D eigenvalue weighted by Gasteiger charge is 2.62. The van der Waals surface area contributed by atoms with Gasteiger partial charge in [0.2, 0.25) is 0 Å². The van der Waals surface area contributed by atoms with Crippen LogP contribution in [0.3, 0.4) is 0 Å². The second kappa shape index (κ2) is 6.73. The third kappa shape index (κ3) is 2.92. The van der Waals surface area contributed by atoms with Gasteiger partial charge >= 0.3 is 5.97 Å². The van der Waals surface area contributed by atoms with Crippen molar-refractivity contribution in [2.75, 3.05) is 0 Å². The smallest absolute Gasteiger partial charge is 0.302 e. The summed E-state index contributed by atoms with van der Waals surface area (Å²) in [6, 6.07) is 2.20. The molecule has 1 N–H and O–H groups in total.